The molecule has 0 spiro atoms. The molecule has 0 radical (unpaired) electrons. The lowest BCUT2D eigenvalue weighted by molar-refractivity contribution is -0.144. The van der Waals surface area contributed by atoms with Gasteiger partial charge in [-0.1, -0.05) is 81.1 Å². The summed E-state index contributed by atoms with van der Waals surface area (Å²) in [6, 6.07) is 21.1. The molecule has 1 aromatic heterocycles. The largest absolute Gasteiger partial charge is 0.484 e. The van der Waals surface area contributed by atoms with E-state index in [-0.39, 0.29) is 118 Å². The quantitative estimate of drug-likeness (QED) is 0.00921. The van der Waals surface area contributed by atoms with Crippen LogP contribution in [0.1, 0.15) is 174 Å². The Labute approximate surface area is 578 Å². The first-order valence-corrected chi connectivity index (χ1v) is 35.3. The van der Waals surface area contributed by atoms with E-state index in [4.69, 9.17) is 46.1 Å². The number of carbonyl (C=O) groups is 6. The van der Waals surface area contributed by atoms with Gasteiger partial charge in [-0.25, -0.2) is 9.59 Å². The van der Waals surface area contributed by atoms with Crippen LogP contribution >= 0.6 is 0 Å². The number of rotatable bonds is 44. The Morgan fingerprint density at radius 2 is 1.06 bits per heavy atom. The molecule has 99 heavy (non-hydrogen) atoms. The lowest BCUT2D eigenvalue weighted by Gasteiger charge is -2.51. The van der Waals surface area contributed by atoms with Gasteiger partial charge in [-0.15, -0.1) is 0 Å². The van der Waals surface area contributed by atoms with Crippen LogP contribution in [0.25, 0.3) is 21.3 Å². The van der Waals surface area contributed by atoms with Crippen LogP contribution in [0.5, 0.6) is 5.75 Å². The summed E-state index contributed by atoms with van der Waals surface area (Å²) in [5, 5.41) is 13.5. The second-order valence-corrected chi connectivity index (χ2v) is 26.1. The van der Waals surface area contributed by atoms with Crippen molar-refractivity contribution < 1.29 is 52.1 Å². The number of anilines is 3. The molecular weight excluding hydrogens is 1270 g/mol. The molecule has 536 valence electrons. The predicted molar refractivity (Wildman–Crippen MR) is 380 cm³/mol. The van der Waals surface area contributed by atoms with Gasteiger partial charge < -0.3 is 71.2 Å². The summed E-state index contributed by atoms with van der Waals surface area (Å²) in [7, 11) is 4.78. The van der Waals surface area contributed by atoms with Gasteiger partial charge in [0.25, 0.3) is 5.91 Å². The monoisotopic (exact) mass is 1370 g/mol. The van der Waals surface area contributed by atoms with Gasteiger partial charge in [-0.05, 0) is 158 Å². The number of benzene rings is 4. The van der Waals surface area contributed by atoms with Crippen molar-refractivity contribution in [1.29, 1.82) is 0 Å². The zero-order chi connectivity index (χ0) is 70.7. The molecule has 26 nitrogen and oxygen atoms in total. The van der Waals surface area contributed by atoms with Crippen LogP contribution in [-0.2, 0) is 55.4 Å². The number of hydrogen-bond donors (Lipinski definition) is 6. The van der Waals surface area contributed by atoms with Crippen LogP contribution in [-0.4, -0.2) is 166 Å². The summed E-state index contributed by atoms with van der Waals surface area (Å²) >= 11 is 0. The van der Waals surface area contributed by atoms with Crippen LogP contribution in [0, 0.1) is 0 Å². The predicted octanol–water partition coefficient (Wildman–Crippen LogP) is 8.45. The molecule has 4 aliphatic rings. The molecule has 26 heteroatoms. The van der Waals surface area contributed by atoms with Crippen molar-refractivity contribution in [3.63, 3.8) is 0 Å². The smallest absolute Gasteiger partial charge is 0.422 e. The minimum Gasteiger partial charge on any atom is -0.484 e. The van der Waals surface area contributed by atoms with Crippen LogP contribution in [0.3, 0.4) is 0 Å². The highest BCUT2D eigenvalue weighted by Gasteiger charge is 2.52. The number of carbonyl (C=O) groups excluding carboxylic acids is 6. The highest BCUT2D eigenvalue weighted by Crippen LogP contribution is 2.62. The van der Waals surface area contributed by atoms with Crippen LogP contribution in [0.2, 0.25) is 0 Å². The summed E-state index contributed by atoms with van der Waals surface area (Å²) < 4.78 is 29.1. The molecule has 1 unspecified atom stereocenters. The van der Waals surface area contributed by atoms with Gasteiger partial charge in [0, 0.05) is 106 Å². The van der Waals surface area contributed by atoms with E-state index < -0.39 is 41.4 Å². The average molecular weight is 1370 g/mol. The Hall–Kier alpha value is -8.49. The van der Waals surface area contributed by atoms with Crippen molar-refractivity contribution >= 4 is 63.4 Å². The zero-order valence-corrected chi connectivity index (χ0v) is 57.9. The SMILES string of the molecule is CN(CCOCCOCCOCCN(C)C(=O)C1C[C@H](N=[N+]=[N-])CN1C(=O)COc1ccc2c(=O)oc(=O)n(C)c2c1)C(=O)CCC12c3cc(NC(=O)CCCCCCCN)ccc3C(c3ccc(NC(=O)CCCCCCCN)cc31)c1ccc(NC(=O)CCCCCCCN)cc12. The Morgan fingerprint density at radius 1 is 0.606 bits per heavy atom. The van der Waals surface area contributed by atoms with E-state index in [0.29, 0.717) is 68.9 Å². The third kappa shape index (κ3) is 20.8. The third-order valence-corrected chi connectivity index (χ3v) is 19.0. The Balaban J connectivity index is 0.869. The maximum Gasteiger partial charge on any atom is 0.422 e. The first-order valence-electron chi connectivity index (χ1n) is 35.3. The number of nitrogens with one attached hydrogen (secondary N) is 3. The first-order chi connectivity index (χ1) is 48.0. The maximum atomic E-state index is 14.6. The number of fused-ring (bicyclic) bond motifs is 1. The number of amides is 6. The van der Waals surface area contributed by atoms with Crippen LogP contribution in [0.15, 0.2) is 91.9 Å². The van der Waals surface area contributed by atoms with E-state index >= 15 is 0 Å². The van der Waals surface area contributed by atoms with E-state index in [1.165, 1.54) is 35.0 Å². The van der Waals surface area contributed by atoms with E-state index in [0.717, 1.165) is 134 Å². The molecule has 2 heterocycles. The van der Waals surface area contributed by atoms with Crippen molar-refractivity contribution in [2.24, 2.45) is 29.4 Å². The second kappa shape index (κ2) is 38.8. The number of ether oxygens (including phenoxy) is 4. The number of aromatic nitrogens is 1. The molecule has 3 aliphatic carbocycles. The minimum atomic E-state index is -0.972. The highest BCUT2D eigenvalue weighted by atomic mass is 16.5. The molecule has 1 aliphatic heterocycles. The Bertz CT molecular complexity index is 3540. The maximum absolute atomic E-state index is 14.6. The van der Waals surface area contributed by atoms with Gasteiger partial charge in [-0.2, -0.15) is 0 Å². The van der Waals surface area contributed by atoms with E-state index in [2.05, 4.69) is 62.4 Å². The fourth-order valence-corrected chi connectivity index (χ4v) is 13.6. The molecule has 1 fully saturated rings. The number of unbranched alkanes of at least 4 members (excludes halogenated alkanes) is 12. The molecule has 5 aromatic rings. The summed E-state index contributed by atoms with van der Waals surface area (Å²) in [5.74, 6) is -2.12. The van der Waals surface area contributed by atoms with Gasteiger partial charge in [0.2, 0.25) is 29.5 Å². The second-order valence-electron chi connectivity index (χ2n) is 26.1. The topological polar surface area (TPSA) is 364 Å². The van der Waals surface area contributed by atoms with Crippen molar-refractivity contribution in [2.75, 3.05) is 116 Å². The Kier molecular flexibility index (Phi) is 29.9. The van der Waals surface area contributed by atoms with E-state index in [9.17, 15) is 38.4 Å². The average Bonchev–Trinajstić information content (AvgIpc) is 0.855. The Morgan fingerprint density at radius 3 is 1.54 bits per heavy atom. The van der Waals surface area contributed by atoms with Gasteiger partial charge in [-0.3, -0.25) is 33.3 Å². The molecule has 4 aromatic carbocycles. The van der Waals surface area contributed by atoms with E-state index in [1.54, 1.807) is 19.0 Å². The van der Waals surface area contributed by atoms with Crippen LogP contribution < -0.4 is 49.3 Å². The first kappa shape index (κ1) is 76.3. The molecule has 9 rings (SSSR count). The van der Waals surface area contributed by atoms with E-state index in [1.807, 2.05) is 18.2 Å². The van der Waals surface area contributed by atoms with Crippen LogP contribution in [0.4, 0.5) is 17.1 Å². The van der Waals surface area contributed by atoms with Crippen molar-refractivity contribution in [1.82, 2.24) is 19.3 Å². The van der Waals surface area contributed by atoms with Gasteiger partial charge in [0.15, 0.2) is 6.61 Å². The number of nitrogens with two attached hydrogens (primary N) is 3. The molecular formula is C73H101N13O13. The third-order valence-electron chi connectivity index (χ3n) is 19.0. The molecule has 0 saturated carbocycles. The summed E-state index contributed by atoms with van der Waals surface area (Å²) in [5.41, 5.74) is 32.7. The minimum absolute atomic E-state index is 0.00724. The molecule has 2 bridgehead atoms. The number of hydrogen-bond acceptors (Lipinski definition) is 17. The normalized spacial score (nSPS) is 16.3. The zero-order valence-electron chi connectivity index (χ0n) is 57.9. The molecule has 6 amide bonds. The fraction of sp³-hybridized carbons (Fsp3) is 0.562. The van der Waals surface area contributed by atoms with Gasteiger partial charge >= 0.3 is 11.4 Å². The van der Waals surface area contributed by atoms with Crippen molar-refractivity contribution in [3.8, 4) is 5.75 Å². The van der Waals surface area contributed by atoms with Crippen molar-refractivity contribution in [3.05, 3.63) is 138 Å². The lowest BCUT2D eigenvalue weighted by Crippen LogP contribution is -2.48. The number of aryl methyl sites for hydroxylation is 1. The molecule has 9 N–H and O–H groups in total. The van der Waals surface area contributed by atoms with Gasteiger partial charge in [0.1, 0.15) is 11.8 Å². The number of azide groups is 1. The molecule has 2 atom stereocenters. The summed E-state index contributed by atoms with van der Waals surface area (Å²) in [6.07, 6.45) is 15.7. The standard InChI is InChI=1S/C73H101N13O13/c1-83(35-37-95-39-41-97-42-40-96-38-36-84(2)70(92)63-46-53(81-82-77)48-86(63)68(91)49-98-54-25-29-58-62(47-54)85(3)72(94)99-71(58)93)67(90)30-31-73-59-43-50(78-64(87)19-13-7-4-10-16-32-74)22-26-55(59)69(56-27-23-51(44-60(56)73)79-65(88)20-14-8-5-11-17-33-75)57-28-24-52(45-61(57)73)80-66(89)21-15-9-6-12-18-34-76/h22-29,43-45,47,53,63,69H,4-21,30-42,46,48-49,74-76H2,1-3H3,(H,78,87)(H,79,88)(H,80,89)/t53-,63?,69?,73?/m0/s1. The van der Waals surface area contributed by atoms with Crippen molar-refractivity contribution in [2.45, 2.75) is 158 Å². The molecule has 1 saturated heterocycles. The summed E-state index contributed by atoms with van der Waals surface area (Å²) in [6.45, 7) is 3.38. The number of likely N-dealkylation sites (tertiary alicyclic amines) is 1. The van der Waals surface area contributed by atoms with Gasteiger partial charge in [0.05, 0.1) is 56.6 Å². The lowest BCUT2D eigenvalue weighted by atomic mass is 9.51. The number of nitrogens with zero attached hydrogens (tertiary/aromatic N) is 7. The fourth-order valence-electron chi connectivity index (χ4n) is 13.6. The highest BCUT2D eigenvalue weighted by molar-refractivity contribution is 5.94. The number of likely N-dealkylation sites (N-methyl/N-ethyl adjacent to an activating group) is 2. The summed E-state index contributed by atoms with van der Waals surface area (Å²) in [4.78, 5) is 114.